The maximum Gasteiger partial charge on any atom is 0.122 e. The fraction of sp³-hybridized carbons (Fsp3) is 0.545. The van der Waals surface area contributed by atoms with Crippen molar-refractivity contribution in [2.45, 2.75) is 26.5 Å². The molecule has 1 aromatic rings. The average Bonchev–Trinajstić information content (AvgIpc) is 2.16. The van der Waals surface area contributed by atoms with Crippen LogP contribution in [0.2, 0.25) is 0 Å². The molecule has 0 fully saturated rings. The second-order valence-electron chi connectivity index (χ2n) is 3.62. The predicted molar refractivity (Wildman–Crippen MR) is 58.9 cm³/mol. The summed E-state index contributed by atoms with van der Waals surface area (Å²) in [6, 6.07) is 3.78. The number of rotatable bonds is 5. The van der Waals surface area contributed by atoms with E-state index in [2.05, 4.69) is 10.3 Å². The molecule has 0 saturated carbocycles. The molecule has 0 aliphatic carbocycles. The summed E-state index contributed by atoms with van der Waals surface area (Å²) in [7, 11) is 1.64. The van der Waals surface area contributed by atoms with Crippen molar-refractivity contribution in [2.24, 2.45) is 0 Å². The van der Waals surface area contributed by atoms with Gasteiger partial charge in [-0.25, -0.2) is 0 Å². The SMILES string of the molecule is COc1cc(C)nc(CNCC(C)O)c1. The first kappa shape index (κ1) is 11.9. The van der Waals surface area contributed by atoms with Gasteiger partial charge in [0.15, 0.2) is 0 Å². The van der Waals surface area contributed by atoms with Gasteiger partial charge in [-0.3, -0.25) is 4.98 Å². The highest BCUT2D eigenvalue weighted by Gasteiger charge is 2.01. The van der Waals surface area contributed by atoms with Gasteiger partial charge < -0.3 is 15.2 Å². The van der Waals surface area contributed by atoms with E-state index in [1.165, 1.54) is 0 Å². The quantitative estimate of drug-likeness (QED) is 0.757. The smallest absolute Gasteiger partial charge is 0.122 e. The molecule has 0 aromatic carbocycles. The monoisotopic (exact) mass is 210 g/mol. The van der Waals surface area contributed by atoms with Gasteiger partial charge in [-0.15, -0.1) is 0 Å². The van der Waals surface area contributed by atoms with Gasteiger partial charge in [-0.05, 0) is 13.8 Å². The van der Waals surface area contributed by atoms with Gasteiger partial charge in [0, 0.05) is 30.9 Å². The molecule has 0 aliphatic heterocycles. The van der Waals surface area contributed by atoms with E-state index in [9.17, 15) is 0 Å². The Bertz CT molecular complexity index is 313. The normalized spacial score (nSPS) is 12.5. The molecular formula is C11H18N2O2. The van der Waals surface area contributed by atoms with Crippen LogP contribution < -0.4 is 10.1 Å². The van der Waals surface area contributed by atoms with Crippen LogP contribution in [0, 0.1) is 6.92 Å². The summed E-state index contributed by atoms with van der Waals surface area (Å²) in [5, 5.41) is 12.2. The molecule has 0 bridgehead atoms. The summed E-state index contributed by atoms with van der Waals surface area (Å²) in [5.74, 6) is 0.816. The number of aromatic nitrogens is 1. The van der Waals surface area contributed by atoms with Crippen LogP contribution in [0.1, 0.15) is 18.3 Å². The summed E-state index contributed by atoms with van der Waals surface area (Å²) in [6.07, 6.45) is -0.336. The van der Waals surface area contributed by atoms with E-state index < -0.39 is 0 Å². The first-order valence-electron chi connectivity index (χ1n) is 5.02. The molecule has 4 heteroatoms. The zero-order valence-corrected chi connectivity index (χ0v) is 9.45. The lowest BCUT2D eigenvalue weighted by molar-refractivity contribution is 0.191. The molecule has 1 rings (SSSR count). The molecule has 1 unspecified atom stereocenters. The minimum Gasteiger partial charge on any atom is -0.497 e. The van der Waals surface area contributed by atoms with E-state index in [4.69, 9.17) is 9.84 Å². The van der Waals surface area contributed by atoms with Crippen molar-refractivity contribution in [3.05, 3.63) is 23.5 Å². The van der Waals surface area contributed by atoms with Crippen LogP contribution in [-0.2, 0) is 6.54 Å². The molecule has 0 amide bonds. The summed E-state index contributed by atoms with van der Waals surface area (Å²) in [5.41, 5.74) is 1.86. The number of hydrogen-bond acceptors (Lipinski definition) is 4. The van der Waals surface area contributed by atoms with Crippen LogP contribution in [0.15, 0.2) is 12.1 Å². The molecule has 0 spiro atoms. The summed E-state index contributed by atoms with van der Waals surface area (Å²) in [6.45, 7) is 4.89. The molecule has 84 valence electrons. The van der Waals surface area contributed by atoms with Crippen molar-refractivity contribution >= 4 is 0 Å². The fourth-order valence-corrected chi connectivity index (χ4v) is 1.32. The van der Waals surface area contributed by atoms with Crippen molar-refractivity contribution in [1.82, 2.24) is 10.3 Å². The van der Waals surface area contributed by atoms with E-state index in [0.717, 1.165) is 17.1 Å². The highest BCUT2D eigenvalue weighted by Crippen LogP contribution is 2.12. The lowest BCUT2D eigenvalue weighted by Crippen LogP contribution is -2.24. The van der Waals surface area contributed by atoms with Gasteiger partial charge >= 0.3 is 0 Å². The van der Waals surface area contributed by atoms with Gasteiger partial charge in [-0.2, -0.15) is 0 Å². The van der Waals surface area contributed by atoms with E-state index in [0.29, 0.717) is 13.1 Å². The van der Waals surface area contributed by atoms with Crippen molar-refractivity contribution in [1.29, 1.82) is 0 Å². The second kappa shape index (κ2) is 5.68. The molecule has 4 nitrogen and oxygen atoms in total. The number of ether oxygens (including phenoxy) is 1. The Morgan fingerprint density at radius 1 is 1.53 bits per heavy atom. The Kier molecular flexibility index (Phi) is 4.52. The molecule has 0 saturated heterocycles. The van der Waals surface area contributed by atoms with Gasteiger partial charge in [0.25, 0.3) is 0 Å². The topological polar surface area (TPSA) is 54.4 Å². The number of aryl methyl sites for hydroxylation is 1. The van der Waals surface area contributed by atoms with E-state index in [1.807, 2.05) is 19.1 Å². The Morgan fingerprint density at radius 3 is 2.87 bits per heavy atom. The number of pyridine rings is 1. The number of aliphatic hydroxyl groups excluding tert-OH is 1. The first-order chi connectivity index (χ1) is 7.11. The minimum absolute atomic E-state index is 0.336. The highest BCUT2D eigenvalue weighted by molar-refractivity contribution is 5.26. The third-order valence-corrected chi connectivity index (χ3v) is 1.96. The van der Waals surface area contributed by atoms with Gasteiger partial charge in [0.1, 0.15) is 5.75 Å². The summed E-state index contributed by atoms with van der Waals surface area (Å²) in [4.78, 5) is 4.35. The van der Waals surface area contributed by atoms with Crippen LogP contribution in [-0.4, -0.2) is 29.8 Å². The first-order valence-corrected chi connectivity index (χ1v) is 5.02. The molecule has 1 heterocycles. The fourth-order valence-electron chi connectivity index (χ4n) is 1.32. The molecular weight excluding hydrogens is 192 g/mol. The van der Waals surface area contributed by atoms with Gasteiger partial charge in [0.05, 0.1) is 18.9 Å². The summed E-state index contributed by atoms with van der Waals surface area (Å²) < 4.78 is 5.15. The lowest BCUT2D eigenvalue weighted by atomic mass is 10.3. The van der Waals surface area contributed by atoms with Crippen molar-refractivity contribution in [3.8, 4) is 5.75 Å². The predicted octanol–water partition coefficient (Wildman–Crippen LogP) is 0.869. The number of methoxy groups -OCH3 is 1. The third kappa shape index (κ3) is 4.27. The van der Waals surface area contributed by atoms with Crippen LogP contribution in [0.4, 0.5) is 0 Å². The Morgan fingerprint density at radius 2 is 2.27 bits per heavy atom. The highest BCUT2D eigenvalue weighted by atomic mass is 16.5. The number of nitrogens with zero attached hydrogens (tertiary/aromatic N) is 1. The van der Waals surface area contributed by atoms with Crippen molar-refractivity contribution in [3.63, 3.8) is 0 Å². The molecule has 0 aliphatic rings. The molecule has 2 N–H and O–H groups in total. The van der Waals surface area contributed by atoms with Crippen LogP contribution >= 0.6 is 0 Å². The second-order valence-corrected chi connectivity index (χ2v) is 3.62. The van der Waals surface area contributed by atoms with Gasteiger partial charge in [-0.1, -0.05) is 0 Å². The minimum atomic E-state index is -0.336. The molecule has 0 radical (unpaired) electrons. The molecule has 1 atom stereocenters. The number of hydrogen-bond donors (Lipinski definition) is 2. The van der Waals surface area contributed by atoms with Crippen molar-refractivity contribution < 1.29 is 9.84 Å². The zero-order chi connectivity index (χ0) is 11.3. The lowest BCUT2D eigenvalue weighted by Gasteiger charge is -2.08. The van der Waals surface area contributed by atoms with Gasteiger partial charge in [0.2, 0.25) is 0 Å². The zero-order valence-electron chi connectivity index (χ0n) is 9.45. The molecule has 1 aromatic heterocycles. The average molecular weight is 210 g/mol. The third-order valence-electron chi connectivity index (χ3n) is 1.96. The van der Waals surface area contributed by atoms with Crippen molar-refractivity contribution in [2.75, 3.05) is 13.7 Å². The number of nitrogens with one attached hydrogen (secondary N) is 1. The largest absolute Gasteiger partial charge is 0.497 e. The Labute approximate surface area is 90.3 Å². The standard InChI is InChI=1S/C11H18N2O2/c1-8-4-11(15-3)5-10(13-8)7-12-6-9(2)14/h4-5,9,12,14H,6-7H2,1-3H3. The maximum atomic E-state index is 9.08. The van der Waals surface area contributed by atoms with E-state index >= 15 is 0 Å². The van der Waals surface area contributed by atoms with Crippen LogP contribution in [0.5, 0.6) is 5.75 Å². The van der Waals surface area contributed by atoms with E-state index in [1.54, 1.807) is 14.0 Å². The Hall–Kier alpha value is -1.13. The molecule has 15 heavy (non-hydrogen) atoms. The van der Waals surface area contributed by atoms with Crippen LogP contribution in [0.25, 0.3) is 0 Å². The van der Waals surface area contributed by atoms with E-state index in [-0.39, 0.29) is 6.10 Å². The summed E-state index contributed by atoms with van der Waals surface area (Å²) >= 11 is 0. The maximum absolute atomic E-state index is 9.08. The number of aliphatic hydroxyl groups is 1. The van der Waals surface area contributed by atoms with Crippen LogP contribution in [0.3, 0.4) is 0 Å². The Balaban J connectivity index is 2.56.